The maximum Gasteiger partial charge on any atom is 0.340 e. The lowest BCUT2D eigenvalue weighted by Gasteiger charge is -2.28. The van der Waals surface area contributed by atoms with Gasteiger partial charge in [0.2, 0.25) is 0 Å². The third-order valence-electron chi connectivity index (χ3n) is 6.84. The third-order valence-corrected chi connectivity index (χ3v) is 10.5. The summed E-state index contributed by atoms with van der Waals surface area (Å²) in [6.45, 7) is -0.703. The molecule has 38 heavy (non-hydrogen) atoms. The number of aliphatic hydroxyl groups is 2. The number of hydrogen-bond acceptors (Lipinski definition) is 9. The molecule has 5 rings (SSSR count). The fraction of sp³-hybridized carbons (Fsp3) is 0.455. The van der Waals surface area contributed by atoms with E-state index in [-0.39, 0.29) is 16.8 Å². The number of aryl methyl sites for hydroxylation is 1. The number of fused-ring (bicyclic) bond motifs is 2. The highest BCUT2D eigenvalue weighted by atomic mass is 35.5. The largest absolute Gasteiger partial charge is 0.387 e. The molecule has 1 aliphatic carbocycles. The van der Waals surface area contributed by atoms with Gasteiger partial charge >= 0.3 is 15.2 Å². The molecule has 0 bridgehead atoms. The van der Waals surface area contributed by atoms with Crippen molar-refractivity contribution in [3.8, 4) is 0 Å². The van der Waals surface area contributed by atoms with Crippen LogP contribution in [0.4, 0.5) is 5.69 Å². The van der Waals surface area contributed by atoms with Crippen LogP contribution in [0.25, 0.3) is 11.0 Å². The third kappa shape index (κ3) is 5.41. The minimum atomic E-state index is -4.83. The molecule has 0 saturated carbocycles. The minimum absolute atomic E-state index is 0.107. The first-order valence-electron chi connectivity index (χ1n) is 11.7. The average Bonchev–Trinajstić information content (AvgIpc) is 3.52. The first-order chi connectivity index (χ1) is 17.8. The van der Waals surface area contributed by atoms with Crippen LogP contribution in [-0.4, -0.2) is 77.5 Å². The molecular formula is C22H27ClN4O9P2. The van der Waals surface area contributed by atoms with E-state index in [1.54, 1.807) is 12.3 Å². The Morgan fingerprint density at radius 3 is 2.68 bits per heavy atom. The predicted octanol–water partition coefficient (Wildman–Crippen LogP) is 2.16. The molecule has 1 fully saturated rings. The Morgan fingerprint density at radius 1 is 1.21 bits per heavy atom. The monoisotopic (exact) mass is 588 g/mol. The Bertz CT molecular complexity index is 1450. The zero-order valence-corrected chi connectivity index (χ0v) is 22.7. The van der Waals surface area contributed by atoms with E-state index in [9.17, 15) is 24.2 Å². The SMILES string of the molecule is CN(c1cc(Cl)nc2c1cnn2[C@@H]1O[C@H](COP(=O)(O)CP(=O)(O)O)C(O)[C@@H]1O)[C@H]1CCc2ccccc21. The van der Waals surface area contributed by atoms with E-state index in [1.165, 1.54) is 15.8 Å². The highest BCUT2D eigenvalue weighted by Crippen LogP contribution is 2.55. The highest BCUT2D eigenvalue weighted by molar-refractivity contribution is 7.70. The molecule has 1 aliphatic heterocycles. The molecular weight excluding hydrogens is 562 g/mol. The number of aliphatic hydroxyl groups excluding tert-OH is 2. The van der Waals surface area contributed by atoms with E-state index >= 15 is 0 Å². The van der Waals surface area contributed by atoms with E-state index in [1.807, 2.05) is 19.2 Å². The van der Waals surface area contributed by atoms with Gasteiger partial charge in [0.05, 0.1) is 29.9 Å². The van der Waals surface area contributed by atoms with Crippen molar-refractivity contribution in [3.63, 3.8) is 0 Å². The second-order valence-corrected chi connectivity index (χ2v) is 13.8. The van der Waals surface area contributed by atoms with Gasteiger partial charge in [-0.2, -0.15) is 5.10 Å². The molecule has 1 aromatic carbocycles. The van der Waals surface area contributed by atoms with Crippen LogP contribution in [0.5, 0.6) is 0 Å². The van der Waals surface area contributed by atoms with Gasteiger partial charge in [-0.05, 0) is 30.0 Å². The van der Waals surface area contributed by atoms with Crippen LogP contribution in [0.3, 0.4) is 0 Å². The van der Waals surface area contributed by atoms with Gasteiger partial charge in [0.1, 0.15) is 23.5 Å². The number of hydrogen-bond donors (Lipinski definition) is 5. The quantitative estimate of drug-likeness (QED) is 0.191. The van der Waals surface area contributed by atoms with Crippen LogP contribution >= 0.6 is 26.8 Å². The number of benzene rings is 1. The lowest BCUT2D eigenvalue weighted by Crippen LogP contribution is -2.33. The molecule has 0 radical (unpaired) electrons. The second kappa shape index (κ2) is 10.3. The molecule has 2 unspecified atom stereocenters. The maximum atomic E-state index is 12.0. The fourth-order valence-electron chi connectivity index (χ4n) is 5.09. The first kappa shape index (κ1) is 27.7. The number of anilines is 1. The van der Waals surface area contributed by atoms with Crippen LogP contribution in [0.1, 0.15) is 29.8 Å². The van der Waals surface area contributed by atoms with Crippen LogP contribution in [0.15, 0.2) is 36.5 Å². The summed E-state index contributed by atoms with van der Waals surface area (Å²) in [7, 11) is -7.56. The molecule has 3 aromatic rings. The molecule has 2 aliphatic rings. The van der Waals surface area contributed by atoms with Crippen molar-refractivity contribution >= 4 is 43.5 Å². The Morgan fingerprint density at radius 2 is 1.95 bits per heavy atom. The van der Waals surface area contributed by atoms with Crippen LogP contribution in [0, 0.1) is 0 Å². The van der Waals surface area contributed by atoms with Crippen molar-refractivity contribution < 1.29 is 43.3 Å². The van der Waals surface area contributed by atoms with Crippen LogP contribution in [0.2, 0.25) is 5.15 Å². The molecule has 0 spiro atoms. The standard InChI is InChI=1S/C22H27ClN4O9P2/c1-26(15-7-6-12-4-2-3-5-13(12)15)16-8-18(23)25-21-14(16)9-24-27(21)22-20(29)19(28)17(36-22)10-35-38(33,34)11-37(30,31)32/h2-5,8-9,15,17,19-20,22,28-29H,6-7,10-11H2,1H3,(H,33,34)(H2,30,31,32)/t15-,17+,19?,20-,22+/m0/s1. The molecule has 5 N–H and O–H groups in total. The number of ether oxygens (including phenoxy) is 1. The zero-order valence-electron chi connectivity index (χ0n) is 20.1. The van der Waals surface area contributed by atoms with Crippen LogP contribution in [-0.2, 0) is 24.8 Å². The minimum Gasteiger partial charge on any atom is -0.387 e. The van der Waals surface area contributed by atoms with E-state index in [0.717, 1.165) is 18.5 Å². The number of nitrogens with zero attached hydrogens (tertiary/aromatic N) is 4. The maximum absolute atomic E-state index is 12.0. The molecule has 13 nitrogen and oxygen atoms in total. The van der Waals surface area contributed by atoms with Gasteiger partial charge in [0.25, 0.3) is 0 Å². The summed E-state index contributed by atoms with van der Waals surface area (Å²) in [4.78, 5) is 34.1. The number of halogens is 1. The number of pyridine rings is 1. The van der Waals surface area contributed by atoms with Crippen molar-refractivity contribution in [1.82, 2.24) is 14.8 Å². The van der Waals surface area contributed by atoms with Gasteiger partial charge in [-0.3, -0.25) is 9.13 Å². The lowest BCUT2D eigenvalue weighted by atomic mass is 10.1. The molecule has 206 valence electrons. The number of rotatable bonds is 8. The van der Waals surface area contributed by atoms with Crippen LogP contribution < -0.4 is 4.90 Å². The Balaban J connectivity index is 1.40. The van der Waals surface area contributed by atoms with Gasteiger partial charge in [-0.1, -0.05) is 35.9 Å². The average molecular weight is 589 g/mol. The smallest absolute Gasteiger partial charge is 0.340 e. The molecule has 1 saturated heterocycles. The normalized spacial score (nSPS) is 27.0. The lowest BCUT2D eigenvalue weighted by molar-refractivity contribution is -0.0541. The fourth-order valence-corrected chi connectivity index (χ4v) is 7.84. The summed E-state index contributed by atoms with van der Waals surface area (Å²) in [5, 5.41) is 26.3. The molecule has 0 amide bonds. The highest BCUT2D eigenvalue weighted by Gasteiger charge is 2.46. The van der Waals surface area contributed by atoms with Gasteiger partial charge in [0, 0.05) is 7.05 Å². The Kier molecular flexibility index (Phi) is 7.47. The summed E-state index contributed by atoms with van der Waals surface area (Å²) in [5.41, 5.74) is 3.57. The summed E-state index contributed by atoms with van der Waals surface area (Å²) >= 11 is 6.38. The van der Waals surface area contributed by atoms with Gasteiger partial charge in [-0.15, -0.1) is 0 Å². The van der Waals surface area contributed by atoms with Gasteiger partial charge in [0.15, 0.2) is 17.8 Å². The predicted molar refractivity (Wildman–Crippen MR) is 137 cm³/mol. The topological polar surface area (TPSA) is 188 Å². The van der Waals surface area contributed by atoms with Crippen molar-refractivity contribution in [2.75, 3.05) is 24.5 Å². The molecule has 16 heteroatoms. The van der Waals surface area contributed by atoms with E-state index in [2.05, 4.69) is 27.1 Å². The summed E-state index contributed by atoms with van der Waals surface area (Å²) in [6, 6.07) is 10.1. The van der Waals surface area contributed by atoms with E-state index < -0.39 is 52.2 Å². The first-order valence-corrected chi connectivity index (χ1v) is 15.7. The van der Waals surface area contributed by atoms with Crippen molar-refractivity contribution in [3.05, 3.63) is 52.8 Å². The van der Waals surface area contributed by atoms with E-state index in [0.29, 0.717) is 5.39 Å². The van der Waals surface area contributed by atoms with Gasteiger partial charge in [-0.25, -0.2) is 9.67 Å². The summed E-state index contributed by atoms with van der Waals surface area (Å²) in [6.07, 6.45) is -2.18. The second-order valence-electron chi connectivity index (χ2n) is 9.44. The number of aromatic nitrogens is 3. The van der Waals surface area contributed by atoms with Crippen molar-refractivity contribution in [2.24, 2.45) is 0 Å². The molecule has 2 aromatic heterocycles. The Hall–Kier alpha value is -1.89. The Labute approximate surface area is 222 Å². The summed E-state index contributed by atoms with van der Waals surface area (Å²) in [5.74, 6) is -1.39. The van der Waals surface area contributed by atoms with Crippen molar-refractivity contribution in [2.45, 2.75) is 43.4 Å². The summed E-state index contributed by atoms with van der Waals surface area (Å²) < 4.78 is 34.8. The van der Waals surface area contributed by atoms with Gasteiger partial charge < -0.3 is 39.1 Å². The zero-order chi connectivity index (χ0) is 27.4. The molecule has 3 heterocycles. The van der Waals surface area contributed by atoms with E-state index in [4.69, 9.17) is 30.6 Å². The van der Waals surface area contributed by atoms with Crippen molar-refractivity contribution in [1.29, 1.82) is 0 Å². The molecule has 6 atom stereocenters.